The van der Waals surface area contributed by atoms with Crippen molar-refractivity contribution >= 4 is 16.3 Å². The lowest BCUT2D eigenvalue weighted by Crippen LogP contribution is -2.35. The first-order valence-corrected chi connectivity index (χ1v) is 5.42. The van der Waals surface area contributed by atoms with Gasteiger partial charge in [-0.25, -0.2) is 4.79 Å². The molecule has 1 fully saturated rings. The van der Waals surface area contributed by atoms with E-state index in [1.54, 1.807) is 0 Å². The maximum Gasteiger partial charge on any atom is 0.508 e. The molecule has 10 heteroatoms. The molecule has 0 radical (unpaired) electrons. The highest BCUT2D eigenvalue weighted by molar-refractivity contribution is 7.86. The number of halogens is 2. The smallest absolute Gasteiger partial charge is 0.430 e. The van der Waals surface area contributed by atoms with Crippen LogP contribution in [0.25, 0.3) is 0 Å². The molecule has 0 saturated carbocycles. The number of carbonyl (C=O) groups excluding carboxylic acids is 1. The fraction of sp³-hybridized carbons (Fsp3) is 0.833. The molecule has 1 N–H and O–H groups in total. The molecule has 1 heterocycles. The van der Waals surface area contributed by atoms with E-state index in [1.165, 1.54) is 0 Å². The summed E-state index contributed by atoms with van der Waals surface area (Å²) in [5, 5.41) is -4.39. The summed E-state index contributed by atoms with van der Waals surface area (Å²) in [4.78, 5) is 10.4. The highest BCUT2D eigenvalue weighted by Crippen LogP contribution is 2.20. The Morgan fingerprint density at radius 1 is 1.56 bits per heavy atom. The number of rotatable bonds is 5. The SMILES string of the molecule is O=C1OCC(COCC(F)(F)S(=O)(=O)O)O1. The molecular weight excluding hydrogens is 254 g/mol. The van der Waals surface area contributed by atoms with Crippen molar-refractivity contribution in [2.45, 2.75) is 11.4 Å². The third-order valence-electron chi connectivity index (χ3n) is 1.60. The molecule has 1 aliphatic heterocycles. The summed E-state index contributed by atoms with van der Waals surface area (Å²) in [6.45, 7) is -2.13. The Morgan fingerprint density at radius 2 is 2.19 bits per heavy atom. The zero-order valence-corrected chi connectivity index (χ0v) is 8.58. The maximum atomic E-state index is 12.6. The van der Waals surface area contributed by atoms with E-state index in [9.17, 15) is 22.0 Å². The van der Waals surface area contributed by atoms with E-state index >= 15 is 0 Å². The van der Waals surface area contributed by atoms with Crippen molar-refractivity contribution in [1.29, 1.82) is 0 Å². The standard InChI is InChI=1S/C6H8F2O7S/c7-6(8,16(10,11)12)3-13-1-4-2-14-5(9)15-4/h4H,1-3H2,(H,10,11,12). The molecule has 1 saturated heterocycles. The predicted molar refractivity (Wildman–Crippen MR) is 43.5 cm³/mol. The van der Waals surface area contributed by atoms with Crippen molar-refractivity contribution in [3.8, 4) is 0 Å². The Bertz CT molecular complexity index is 365. The van der Waals surface area contributed by atoms with Crippen LogP contribution in [-0.4, -0.2) is 50.3 Å². The second-order valence-corrected chi connectivity index (χ2v) is 4.48. The lowest BCUT2D eigenvalue weighted by atomic mass is 10.4. The molecule has 0 aromatic heterocycles. The molecule has 0 aromatic carbocycles. The molecule has 1 rings (SSSR count). The van der Waals surface area contributed by atoms with Gasteiger partial charge in [0.2, 0.25) is 0 Å². The van der Waals surface area contributed by atoms with Crippen molar-refractivity contribution in [1.82, 2.24) is 0 Å². The maximum absolute atomic E-state index is 12.6. The number of hydrogen-bond donors (Lipinski definition) is 1. The van der Waals surface area contributed by atoms with Crippen molar-refractivity contribution in [2.75, 3.05) is 19.8 Å². The van der Waals surface area contributed by atoms with Gasteiger partial charge in [0.25, 0.3) is 0 Å². The quantitative estimate of drug-likeness (QED) is 0.550. The fourth-order valence-corrected chi connectivity index (χ4v) is 1.06. The summed E-state index contributed by atoms with van der Waals surface area (Å²) in [5.74, 6) is 0. The van der Waals surface area contributed by atoms with E-state index in [0.29, 0.717) is 0 Å². The monoisotopic (exact) mass is 262 g/mol. The highest BCUT2D eigenvalue weighted by atomic mass is 32.2. The molecular formula is C6H8F2O7S. The van der Waals surface area contributed by atoms with Gasteiger partial charge in [0.15, 0.2) is 6.10 Å². The van der Waals surface area contributed by atoms with E-state index in [0.717, 1.165) is 0 Å². The van der Waals surface area contributed by atoms with Crippen LogP contribution in [0.1, 0.15) is 0 Å². The largest absolute Gasteiger partial charge is 0.508 e. The molecule has 7 nitrogen and oxygen atoms in total. The summed E-state index contributed by atoms with van der Waals surface area (Å²) >= 11 is 0. The number of alkyl halides is 2. The van der Waals surface area contributed by atoms with Crippen molar-refractivity contribution < 1.29 is 40.8 Å². The second kappa shape index (κ2) is 4.47. The van der Waals surface area contributed by atoms with Crippen molar-refractivity contribution in [2.24, 2.45) is 0 Å². The van der Waals surface area contributed by atoms with Crippen LogP contribution in [0.4, 0.5) is 13.6 Å². The van der Waals surface area contributed by atoms with Crippen molar-refractivity contribution in [3.05, 3.63) is 0 Å². The van der Waals surface area contributed by atoms with Crippen LogP contribution in [0, 0.1) is 0 Å². The van der Waals surface area contributed by atoms with E-state index in [-0.39, 0.29) is 6.61 Å². The Kier molecular flexibility index (Phi) is 3.65. The number of carbonyl (C=O) groups is 1. The molecule has 1 atom stereocenters. The van der Waals surface area contributed by atoms with E-state index in [4.69, 9.17) is 4.55 Å². The van der Waals surface area contributed by atoms with Gasteiger partial charge in [-0.05, 0) is 0 Å². The Balaban J connectivity index is 2.33. The Morgan fingerprint density at radius 3 is 2.62 bits per heavy atom. The summed E-state index contributed by atoms with van der Waals surface area (Å²) in [6, 6.07) is 0. The van der Waals surface area contributed by atoms with Gasteiger partial charge < -0.3 is 14.2 Å². The second-order valence-electron chi connectivity index (χ2n) is 2.93. The molecule has 1 unspecified atom stereocenters. The third kappa shape index (κ3) is 3.25. The van der Waals surface area contributed by atoms with Crippen LogP contribution in [0.15, 0.2) is 0 Å². The lowest BCUT2D eigenvalue weighted by molar-refractivity contribution is -0.0408. The summed E-state index contributed by atoms with van der Waals surface area (Å²) in [6.07, 6.45) is -1.81. The molecule has 0 aromatic rings. The van der Waals surface area contributed by atoms with Gasteiger partial charge in [0, 0.05) is 0 Å². The topological polar surface area (TPSA) is 99.1 Å². The summed E-state index contributed by atoms with van der Waals surface area (Å²) < 4.78 is 66.6. The van der Waals surface area contributed by atoms with Crippen LogP contribution >= 0.6 is 0 Å². The number of hydrogen-bond acceptors (Lipinski definition) is 6. The molecule has 0 amide bonds. The first-order valence-electron chi connectivity index (χ1n) is 3.98. The number of cyclic esters (lactones) is 2. The van der Waals surface area contributed by atoms with Gasteiger partial charge in [-0.2, -0.15) is 17.2 Å². The van der Waals surface area contributed by atoms with E-state index < -0.39 is 40.8 Å². The van der Waals surface area contributed by atoms with Gasteiger partial charge in [-0.15, -0.1) is 0 Å². The average Bonchev–Trinajstić information content (AvgIpc) is 2.49. The van der Waals surface area contributed by atoms with Gasteiger partial charge in [0.1, 0.15) is 13.2 Å². The number of ether oxygens (including phenoxy) is 3. The Labute approximate surface area is 89.0 Å². The predicted octanol–water partition coefficient (Wildman–Crippen LogP) is 0.0190. The lowest BCUT2D eigenvalue weighted by Gasteiger charge is -2.14. The molecule has 94 valence electrons. The minimum atomic E-state index is -5.51. The zero-order chi connectivity index (χ0) is 12.4. The van der Waals surface area contributed by atoms with E-state index in [2.05, 4.69) is 14.2 Å². The van der Waals surface area contributed by atoms with Gasteiger partial charge in [-0.3, -0.25) is 4.55 Å². The van der Waals surface area contributed by atoms with Crippen molar-refractivity contribution in [3.63, 3.8) is 0 Å². The first-order chi connectivity index (χ1) is 7.22. The fourth-order valence-electron chi connectivity index (χ4n) is 0.831. The third-order valence-corrected chi connectivity index (χ3v) is 2.47. The van der Waals surface area contributed by atoms with Gasteiger partial charge in [0.05, 0.1) is 6.61 Å². The van der Waals surface area contributed by atoms with Crippen LogP contribution in [0.2, 0.25) is 0 Å². The van der Waals surface area contributed by atoms with Crippen LogP contribution in [0.5, 0.6) is 0 Å². The van der Waals surface area contributed by atoms with E-state index in [1.807, 2.05) is 0 Å². The average molecular weight is 262 g/mol. The molecule has 0 aliphatic carbocycles. The molecule has 0 bridgehead atoms. The van der Waals surface area contributed by atoms with Gasteiger partial charge >= 0.3 is 21.5 Å². The first kappa shape index (κ1) is 13.1. The van der Waals surface area contributed by atoms with Crippen LogP contribution in [-0.2, 0) is 24.3 Å². The van der Waals surface area contributed by atoms with Crippen LogP contribution in [0.3, 0.4) is 0 Å². The minimum absolute atomic E-state index is 0.156. The summed E-state index contributed by atoms with van der Waals surface area (Å²) in [7, 11) is -5.51. The zero-order valence-electron chi connectivity index (χ0n) is 7.76. The normalized spacial score (nSPS) is 21.7. The van der Waals surface area contributed by atoms with Gasteiger partial charge in [-0.1, -0.05) is 0 Å². The molecule has 0 spiro atoms. The Hall–Kier alpha value is -1.00. The summed E-state index contributed by atoms with van der Waals surface area (Å²) in [5.41, 5.74) is 0. The van der Waals surface area contributed by atoms with Crippen LogP contribution < -0.4 is 0 Å². The minimum Gasteiger partial charge on any atom is -0.430 e. The molecule has 16 heavy (non-hydrogen) atoms. The highest BCUT2D eigenvalue weighted by Gasteiger charge is 2.44. The molecule has 1 aliphatic rings.